The number of aromatic nitrogens is 5. The number of imidazole rings is 2. The number of hydrogen-bond acceptors (Lipinski definition) is 4. The van der Waals surface area contributed by atoms with Gasteiger partial charge in [-0.3, -0.25) is 18.3 Å². The lowest BCUT2D eigenvalue weighted by atomic mass is 10.2. The summed E-state index contributed by atoms with van der Waals surface area (Å²) in [5, 5.41) is 9.80. The Labute approximate surface area is 171 Å². The number of halogens is 1. The average molecular weight is 416 g/mol. The van der Waals surface area contributed by atoms with Gasteiger partial charge in [0.2, 0.25) is 5.78 Å². The Hall–Kier alpha value is -2.84. The summed E-state index contributed by atoms with van der Waals surface area (Å²) in [6.07, 6.45) is 0.577. The molecular formula is C20H22ClN5O3. The Kier molecular flexibility index (Phi) is 4.84. The van der Waals surface area contributed by atoms with E-state index in [0.717, 1.165) is 17.0 Å². The fraction of sp³-hybridized carbons (Fsp3) is 0.350. The van der Waals surface area contributed by atoms with Gasteiger partial charge in [0.25, 0.3) is 5.56 Å². The Balaban J connectivity index is 2.00. The monoisotopic (exact) mass is 415 g/mol. The molecule has 0 saturated carbocycles. The highest BCUT2D eigenvalue weighted by molar-refractivity contribution is 6.30. The van der Waals surface area contributed by atoms with E-state index < -0.39 is 5.69 Å². The highest BCUT2D eigenvalue weighted by atomic mass is 35.5. The number of nitrogens with zero attached hydrogens (tertiary/aromatic N) is 5. The van der Waals surface area contributed by atoms with Gasteiger partial charge in [-0.15, -0.1) is 0 Å². The Bertz CT molecular complexity index is 1340. The molecule has 4 aromatic rings. The van der Waals surface area contributed by atoms with Crippen molar-refractivity contribution in [3.8, 4) is 0 Å². The van der Waals surface area contributed by atoms with Crippen molar-refractivity contribution in [2.24, 2.45) is 7.05 Å². The minimum absolute atomic E-state index is 0.0649. The van der Waals surface area contributed by atoms with Crippen LogP contribution in [-0.2, 0) is 20.1 Å². The maximum atomic E-state index is 13.3. The molecule has 0 aliphatic carbocycles. The number of fused-ring (bicyclic) bond motifs is 3. The summed E-state index contributed by atoms with van der Waals surface area (Å²) in [5.41, 5.74) is 2.58. The summed E-state index contributed by atoms with van der Waals surface area (Å²) in [4.78, 5) is 30.8. The minimum Gasteiger partial charge on any atom is -0.396 e. The maximum Gasteiger partial charge on any atom is 0.332 e. The second-order valence-corrected chi connectivity index (χ2v) is 7.61. The van der Waals surface area contributed by atoms with Crippen LogP contribution in [0.25, 0.3) is 16.9 Å². The molecule has 3 aromatic heterocycles. The molecule has 1 N–H and O–H groups in total. The van der Waals surface area contributed by atoms with Gasteiger partial charge >= 0.3 is 5.69 Å². The quantitative estimate of drug-likeness (QED) is 0.539. The van der Waals surface area contributed by atoms with E-state index in [9.17, 15) is 14.7 Å². The number of aryl methyl sites for hydroxylation is 3. The normalized spacial score (nSPS) is 11.8. The van der Waals surface area contributed by atoms with Gasteiger partial charge in [0, 0.05) is 36.6 Å². The lowest BCUT2D eigenvalue weighted by molar-refractivity contribution is 0.280. The van der Waals surface area contributed by atoms with Crippen molar-refractivity contribution in [3.05, 3.63) is 67.1 Å². The van der Waals surface area contributed by atoms with Crippen molar-refractivity contribution in [2.75, 3.05) is 6.61 Å². The zero-order chi connectivity index (χ0) is 20.9. The molecule has 9 heteroatoms. The average Bonchev–Trinajstić information content (AvgIpc) is 3.20. The molecule has 29 heavy (non-hydrogen) atoms. The molecule has 0 radical (unpaired) electrons. The predicted molar refractivity (Wildman–Crippen MR) is 112 cm³/mol. The first-order valence-corrected chi connectivity index (χ1v) is 9.76. The molecular weight excluding hydrogens is 394 g/mol. The molecule has 0 aliphatic rings. The molecule has 0 bridgehead atoms. The number of rotatable bonds is 5. The molecule has 3 heterocycles. The van der Waals surface area contributed by atoms with E-state index in [1.54, 1.807) is 31.3 Å². The van der Waals surface area contributed by atoms with Gasteiger partial charge in [-0.2, -0.15) is 4.98 Å². The van der Waals surface area contributed by atoms with Crippen molar-refractivity contribution >= 4 is 28.5 Å². The third-order valence-electron chi connectivity index (χ3n) is 5.42. The summed E-state index contributed by atoms with van der Waals surface area (Å²) in [6, 6.07) is 7.06. The molecule has 0 amide bonds. The van der Waals surface area contributed by atoms with Crippen LogP contribution in [0.15, 0.2) is 33.9 Å². The summed E-state index contributed by atoms with van der Waals surface area (Å²) in [6.45, 7) is 4.68. The lowest BCUT2D eigenvalue weighted by Gasteiger charge is -2.09. The first-order valence-electron chi connectivity index (χ1n) is 9.38. The summed E-state index contributed by atoms with van der Waals surface area (Å²) in [7, 11) is 1.62. The molecule has 0 unspecified atom stereocenters. The van der Waals surface area contributed by atoms with Crippen LogP contribution in [0.2, 0.25) is 5.02 Å². The van der Waals surface area contributed by atoms with Crippen LogP contribution < -0.4 is 11.2 Å². The maximum absolute atomic E-state index is 13.3. The highest BCUT2D eigenvalue weighted by Crippen LogP contribution is 2.21. The van der Waals surface area contributed by atoms with Gasteiger partial charge < -0.3 is 9.67 Å². The topological polar surface area (TPSA) is 86.5 Å². The van der Waals surface area contributed by atoms with E-state index >= 15 is 0 Å². The number of hydrogen-bond donors (Lipinski definition) is 1. The van der Waals surface area contributed by atoms with Crippen LogP contribution in [-0.4, -0.2) is 34.8 Å². The Morgan fingerprint density at radius 2 is 1.76 bits per heavy atom. The molecule has 8 nitrogen and oxygen atoms in total. The van der Waals surface area contributed by atoms with E-state index in [2.05, 4.69) is 4.98 Å². The van der Waals surface area contributed by atoms with Crippen LogP contribution in [0.3, 0.4) is 0 Å². The van der Waals surface area contributed by atoms with Crippen molar-refractivity contribution in [1.29, 1.82) is 0 Å². The van der Waals surface area contributed by atoms with Crippen LogP contribution in [0.4, 0.5) is 0 Å². The van der Waals surface area contributed by atoms with E-state index in [1.807, 2.05) is 22.8 Å². The number of aliphatic hydroxyl groups excluding tert-OH is 1. The molecule has 152 valence electrons. The standard InChI is InChI=1S/C20H22ClN5O3/c1-12-13(2)26-16-17(22-19(26)24(12)9-4-10-27)23(3)20(29)25(18(16)28)11-14-5-7-15(21)8-6-14/h5-8,27H,4,9-11H2,1-3H3. The molecule has 4 rings (SSSR count). The number of aliphatic hydroxyl groups is 1. The second-order valence-electron chi connectivity index (χ2n) is 7.18. The van der Waals surface area contributed by atoms with Gasteiger partial charge in [-0.1, -0.05) is 23.7 Å². The van der Waals surface area contributed by atoms with E-state index in [0.29, 0.717) is 34.9 Å². The van der Waals surface area contributed by atoms with Crippen molar-refractivity contribution in [3.63, 3.8) is 0 Å². The SMILES string of the molecule is Cc1c(C)n2c3c(=O)n(Cc4ccc(Cl)cc4)c(=O)n(C)c3nc2n1CCCO. The lowest BCUT2D eigenvalue weighted by Crippen LogP contribution is -2.39. The van der Waals surface area contributed by atoms with E-state index in [1.165, 1.54) is 9.13 Å². The van der Waals surface area contributed by atoms with Crippen LogP contribution in [0, 0.1) is 13.8 Å². The van der Waals surface area contributed by atoms with Crippen LogP contribution in [0.1, 0.15) is 23.4 Å². The van der Waals surface area contributed by atoms with E-state index in [-0.39, 0.29) is 18.7 Å². The zero-order valence-electron chi connectivity index (χ0n) is 16.5. The summed E-state index contributed by atoms with van der Waals surface area (Å²) >= 11 is 5.94. The molecule has 0 saturated heterocycles. The number of benzene rings is 1. The largest absolute Gasteiger partial charge is 0.396 e. The first-order chi connectivity index (χ1) is 13.8. The Morgan fingerprint density at radius 1 is 1.07 bits per heavy atom. The third kappa shape index (κ3) is 2.99. The molecule has 0 aliphatic heterocycles. The van der Waals surface area contributed by atoms with Crippen LogP contribution >= 0.6 is 11.6 Å². The van der Waals surface area contributed by atoms with Gasteiger partial charge in [0.1, 0.15) is 0 Å². The van der Waals surface area contributed by atoms with E-state index in [4.69, 9.17) is 11.6 Å². The predicted octanol–water partition coefficient (Wildman–Crippen LogP) is 1.85. The molecule has 0 spiro atoms. The third-order valence-corrected chi connectivity index (χ3v) is 5.68. The first kappa shape index (κ1) is 19.5. The fourth-order valence-corrected chi connectivity index (χ4v) is 3.85. The van der Waals surface area contributed by atoms with Crippen molar-refractivity contribution in [2.45, 2.75) is 33.4 Å². The Morgan fingerprint density at radius 3 is 2.41 bits per heavy atom. The fourth-order valence-electron chi connectivity index (χ4n) is 3.72. The van der Waals surface area contributed by atoms with Crippen LogP contribution in [0.5, 0.6) is 0 Å². The highest BCUT2D eigenvalue weighted by Gasteiger charge is 2.22. The molecule has 0 atom stereocenters. The van der Waals surface area contributed by atoms with Gasteiger partial charge in [0.05, 0.1) is 6.54 Å². The summed E-state index contributed by atoms with van der Waals surface area (Å²) in [5.74, 6) is 0.597. The van der Waals surface area contributed by atoms with Crippen molar-refractivity contribution in [1.82, 2.24) is 23.1 Å². The van der Waals surface area contributed by atoms with Crippen molar-refractivity contribution < 1.29 is 5.11 Å². The summed E-state index contributed by atoms with van der Waals surface area (Å²) < 4.78 is 6.41. The smallest absolute Gasteiger partial charge is 0.332 e. The second kappa shape index (κ2) is 7.20. The molecule has 1 aromatic carbocycles. The zero-order valence-corrected chi connectivity index (χ0v) is 17.3. The van der Waals surface area contributed by atoms with Gasteiger partial charge in [-0.05, 0) is 38.0 Å². The molecule has 0 fully saturated rings. The minimum atomic E-state index is -0.422. The van der Waals surface area contributed by atoms with Gasteiger partial charge in [-0.25, -0.2) is 4.79 Å². The van der Waals surface area contributed by atoms with Gasteiger partial charge in [0.15, 0.2) is 11.2 Å².